The van der Waals surface area contributed by atoms with Gasteiger partial charge in [-0.2, -0.15) is 8.42 Å². The number of fused-ring (bicyclic) bond motifs is 1. The third-order valence-corrected chi connectivity index (χ3v) is 5.68. The van der Waals surface area contributed by atoms with Gasteiger partial charge in [-0.25, -0.2) is 4.39 Å². The summed E-state index contributed by atoms with van der Waals surface area (Å²) in [7, 11) is -4.49. The second-order valence-corrected chi connectivity index (χ2v) is 8.28. The molecule has 0 saturated heterocycles. The molecule has 4 aromatic rings. The van der Waals surface area contributed by atoms with Crippen molar-refractivity contribution < 1.29 is 48.3 Å². The van der Waals surface area contributed by atoms with E-state index in [1.165, 1.54) is 24.4 Å². The van der Waals surface area contributed by atoms with Crippen LogP contribution in [-0.4, -0.2) is 18.0 Å². The molecule has 0 amide bonds. The molecule has 3 N–H and O–H groups in total. The first-order chi connectivity index (χ1) is 14.7. The fraction of sp³-hybridized carbons (Fsp3) is 0.0455. The summed E-state index contributed by atoms with van der Waals surface area (Å²) in [6, 6.07) is 15.6. The number of anilines is 1. The molecule has 32 heavy (non-hydrogen) atoms. The van der Waals surface area contributed by atoms with Crippen molar-refractivity contribution in [2.24, 2.45) is 10.2 Å². The Bertz CT molecular complexity index is 1450. The Balaban J connectivity index is 0.00000193. The molecule has 0 spiro atoms. The molecule has 0 atom stereocenters. The van der Waals surface area contributed by atoms with Crippen molar-refractivity contribution in [2.75, 3.05) is 5.73 Å². The van der Waals surface area contributed by atoms with Gasteiger partial charge in [0.25, 0.3) is 10.1 Å². The van der Waals surface area contributed by atoms with Crippen LogP contribution in [0.3, 0.4) is 0 Å². The molecule has 0 aliphatic rings. The zero-order valence-electron chi connectivity index (χ0n) is 18.3. The third kappa shape index (κ3) is 4.87. The Morgan fingerprint density at radius 3 is 2.38 bits per heavy atom. The monoisotopic (exact) mass is 460 g/mol. The van der Waals surface area contributed by atoms with E-state index in [4.69, 9.17) is 5.73 Å². The van der Waals surface area contributed by atoms with E-state index in [1.807, 2.05) is 0 Å². The average molecular weight is 460 g/mol. The van der Waals surface area contributed by atoms with E-state index in [0.717, 1.165) is 11.1 Å². The summed E-state index contributed by atoms with van der Waals surface area (Å²) in [4.78, 5) is 4.04. The van der Waals surface area contributed by atoms with Gasteiger partial charge in [0.15, 0.2) is 0 Å². The van der Waals surface area contributed by atoms with Crippen LogP contribution in [0.5, 0.6) is 0 Å². The summed E-state index contributed by atoms with van der Waals surface area (Å²) in [6.07, 6.45) is 1.49. The predicted molar refractivity (Wildman–Crippen MR) is 118 cm³/mol. The van der Waals surface area contributed by atoms with Crippen LogP contribution in [0.25, 0.3) is 22.0 Å². The van der Waals surface area contributed by atoms with Crippen LogP contribution in [0, 0.1) is 12.7 Å². The van der Waals surface area contributed by atoms with E-state index in [-0.39, 0.29) is 53.1 Å². The number of aromatic nitrogens is 1. The molecular weight excluding hydrogens is 442 g/mol. The minimum atomic E-state index is -4.49. The number of hydrogen-bond acceptors (Lipinski definition) is 6. The number of pyridine rings is 1. The summed E-state index contributed by atoms with van der Waals surface area (Å²) in [6.45, 7) is 1.79. The van der Waals surface area contributed by atoms with Crippen LogP contribution >= 0.6 is 0 Å². The zero-order chi connectivity index (χ0) is 22.2. The van der Waals surface area contributed by atoms with E-state index in [9.17, 15) is 17.4 Å². The molecule has 4 rings (SSSR count). The quantitative estimate of drug-likeness (QED) is 0.210. The third-order valence-electron chi connectivity index (χ3n) is 4.79. The van der Waals surface area contributed by atoms with Crippen LogP contribution in [0.2, 0.25) is 0 Å². The van der Waals surface area contributed by atoms with Gasteiger partial charge in [-0.05, 0) is 48.9 Å². The molecule has 3 aromatic carbocycles. The molecule has 158 valence electrons. The minimum absolute atomic E-state index is 0. The maximum Gasteiger partial charge on any atom is 1.00 e. The smallest absolute Gasteiger partial charge is 1.00 e. The van der Waals surface area contributed by atoms with Crippen molar-refractivity contribution in [3.63, 3.8) is 0 Å². The Morgan fingerprint density at radius 1 is 1.03 bits per heavy atom. The second kappa shape index (κ2) is 9.43. The molecule has 0 aliphatic heterocycles. The van der Waals surface area contributed by atoms with Gasteiger partial charge < -0.3 is 7.16 Å². The number of nitrogen functional groups attached to an aromatic ring is 1. The molecule has 1 heterocycles. The first kappa shape index (κ1) is 24.0. The topological polar surface area (TPSA) is 118 Å². The number of aryl methyl sites for hydroxylation is 1. The zero-order valence-corrected chi connectivity index (χ0v) is 20.1. The normalized spacial score (nSPS) is 11.6. The van der Waals surface area contributed by atoms with E-state index in [2.05, 4.69) is 15.2 Å². The number of rotatable bonds is 4. The fourth-order valence-electron chi connectivity index (χ4n) is 3.28. The number of halogens is 1. The summed E-state index contributed by atoms with van der Waals surface area (Å²) in [5, 5.41) is 8.88. The summed E-state index contributed by atoms with van der Waals surface area (Å²) < 4.78 is 46.5. The Morgan fingerprint density at radius 2 is 1.75 bits per heavy atom. The number of nitrogens with zero attached hydrogens (tertiary/aromatic N) is 3. The summed E-state index contributed by atoms with van der Waals surface area (Å²) in [5.74, 6) is -0.316. The van der Waals surface area contributed by atoms with Crippen LogP contribution in [0.15, 0.2) is 82.0 Å². The van der Waals surface area contributed by atoms with Crippen LogP contribution in [-0.2, 0) is 10.1 Å². The van der Waals surface area contributed by atoms with Crippen molar-refractivity contribution in [1.82, 2.24) is 4.98 Å². The summed E-state index contributed by atoms with van der Waals surface area (Å²) in [5.41, 5.74) is 9.09. The second-order valence-electron chi connectivity index (χ2n) is 6.89. The molecule has 1 aromatic heterocycles. The molecule has 0 aliphatic carbocycles. The maximum absolute atomic E-state index is 13.3. The number of benzene rings is 3. The van der Waals surface area contributed by atoms with Gasteiger partial charge in [0, 0.05) is 16.3 Å². The van der Waals surface area contributed by atoms with Gasteiger partial charge >= 0.3 is 29.6 Å². The molecule has 10 heteroatoms. The molecular formula is C22H18FN4NaO3S. The summed E-state index contributed by atoms with van der Waals surface area (Å²) >= 11 is 0. The first-order valence-corrected chi connectivity index (χ1v) is 10.6. The molecule has 0 fully saturated rings. The van der Waals surface area contributed by atoms with Gasteiger partial charge in [0.1, 0.15) is 22.1 Å². The van der Waals surface area contributed by atoms with Crippen LogP contribution in [0.4, 0.5) is 21.5 Å². The van der Waals surface area contributed by atoms with Crippen molar-refractivity contribution in [1.29, 1.82) is 0 Å². The predicted octanol–water partition coefficient (Wildman–Crippen LogP) is 2.71. The van der Waals surface area contributed by atoms with E-state index < -0.39 is 10.1 Å². The number of hydrogen-bond donors (Lipinski definition) is 2. The van der Waals surface area contributed by atoms with Crippen molar-refractivity contribution in [3.8, 4) is 11.3 Å². The van der Waals surface area contributed by atoms with E-state index in [0.29, 0.717) is 22.2 Å². The van der Waals surface area contributed by atoms with E-state index in [1.54, 1.807) is 49.4 Å². The Labute approximate surface area is 207 Å². The number of azo groups is 1. The average Bonchev–Trinajstić information content (AvgIpc) is 2.73. The van der Waals surface area contributed by atoms with Gasteiger partial charge in [-0.3, -0.25) is 9.54 Å². The molecule has 0 radical (unpaired) electrons. The Hall–Kier alpha value is -2.69. The van der Waals surface area contributed by atoms with Crippen molar-refractivity contribution in [2.45, 2.75) is 11.8 Å². The maximum atomic E-state index is 13.3. The first-order valence-electron chi connectivity index (χ1n) is 9.17. The van der Waals surface area contributed by atoms with Gasteiger partial charge in [0.2, 0.25) is 0 Å². The molecule has 7 nitrogen and oxygen atoms in total. The Kier molecular flexibility index (Phi) is 7.06. The van der Waals surface area contributed by atoms with Crippen molar-refractivity contribution >= 4 is 38.0 Å². The molecule has 0 bridgehead atoms. The molecule has 0 saturated carbocycles. The van der Waals surface area contributed by atoms with Gasteiger partial charge in [-0.1, -0.05) is 24.3 Å². The minimum Gasteiger partial charge on any atom is -1.00 e. The van der Waals surface area contributed by atoms with Crippen LogP contribution in [0.1, 0.15) is 6.99 Å². The SMILES string of the molecule is Cc1cc(F)ccc1-c1ccc(N=Nc2cc(S(=O)(=O)O)c3ccccc3c2N)cn1.[H-].[Na+]. The van der Waals surface area contributed by atoms with Gasteiger partial charge in [-0.15, -0.1) is 10.2 Å². The van der Waals surface area contributed by atoms with E-state index >= 15 is 0 Å². The fourth-order valence-corrected chi connectivity index (χ4v) is 3.99. The van der Waals surface area contributed by atoms with Gasteiger partial charge in [0.05, 0.1) is 17.6 Å². The number of nitrogens with two attached hydrogens (primary N) is 1. The standard InChI is InChI=1S/C22H17FN4O3S.Na.H/c1-13-10-14(23)6-8-16(13)19-9-7-15(12-25-19)26-27-20-11-21(31(28,29)30)17-4-2-3-5-18(17)22(20)24;;/h2-12H,24H2,1H3,(H,28,29,30);;/q;+1;-1. The molecule has 0 unspecified atom stereocenters. The van der Waals surface area contributed by atoms with Crippen molar-refractivity contribution in [3.05, 3.63) is 78.2 Å². The largest absolute Gasteiger partial charge is 1.00 e. The van der Waals surface area contributed by atoms with Crippen LogP contribution < -0.4 is 35.3 Å².